The first kappa shape index (κ1) is 15.6. The van der Waals surface area contributed by atoms with Crippen molar-refractivity contribution >= 4 is 6.03 Å². The van der Waals surface area contributed by atoms with Gasteiger partial charge in [0.2, 0.25) is 0 Å². The number of rotatable bonds is 3. The van der Waals surface area contributed by atoms with Gasteiger partial charge in [0.15, 0.2) is 0 Å². The van der Waals surface area contributed by atoms with Gasteiger partial charge in [0.05, 0.1) is 0 Å². The van der Waals surface area contributed by atoms with Crippen molar-refractivity contribution in [2.24, 2.45) is 17.6 Å². The zero-order valence-corrected chi connectivity index (χ0v) is 13.2. The van der Waals surface area contributed by atoms with Gasteiger partial charge in [-0.1, -0.05) is 19.8 Å². The van der Waals surface area contributed by atoms with Crippen molar-refractivity contribution in [3.8, 4) is 0 Å². The number of amides is 2. The molecule has 0 aromatic carbocycles. The molecule has 1 saturated heterocycles. The van der Waals surface area contributed by atoms with Crippen LogP contribution in [0.25, 0.3) is 0 Å². The molecule has 2 rings (SSSR count). The highest BCUT2D eigenvalue weighted by Gasteiger charge is 2.34. The van der Waals surface area contributed by atoms with E-state index in [1.807, 2.05) is 0 Å². The molecule has 3 atom stereocenters. The number of urea groups is 1. The van der Waals surface area contributed by atoms with Crippen LogP contribution in [0.3, 0.4) is 0 Å². The van der Waals surface area contributed by atoms with E-state index < -0.39 is 0 Å². The van der Waals surface area contributed by atoms with Gasteiger partial charge in [-0.2, -0.15) is 0 Å². The second kappa shape index (κ2) is 7.30. The van der Waals surface area contributed by atoms with Gasteiger partial charge < -0.3 is 15.5 Å². The van der Waals surface area contributed by atoms with E-state index in [-0.39, 0.29) is 6.03 Å². The topological polar surface area (TPSA) is 49.6 Å². The summed E-state index contributed by atoms with van der Waals surface area (Å²) >= 11 is 0. The van der Waals surface area contributed by atoms with Crippen LogP contribution in [0.4, 0.5) is 4.79 Å². The van der Waals surface area contributed by atoms with Crippen molar-refractivity contribution in [1.29, 1.82) is 0 Å². The smallest absolute Gasteiger partial charge is 0.320 e. The Morgan fingerprint density at radius 2 is 2.00 bits per heavy atom. The minimum atomic E-state index is 0.254. The van der Waals surface area contributed by atoms with Crippen molar-refractivity contribution in [1.82, 2.24) is 9.80 Å². The third-order valence-corrected chi connectivity index (χ3v) is 5.09. The number of carbonyl (C=O) groups is 1. The molecule has 116 valence electrons. The fourth-order valence-corrected chi connectivity index (χ4v) is 3.93. The molecule has 0 aromatic heterocycles. The van der Waals surface area contributed by atoms with E-state index in [0.29, 0.717) is 24.4 Å². The molecule has 1 saturated carbocycles. The number of hydrogen-bond donors (Lipinski definition) is 1. The fourth-order valence-electron chi connectivity index (χ4n) is 3.93. The SMILES string of the molecule is CCN(C(=O)N1CCCC(C)C1)C1CCCCC1CN. The summed E-state index contributed by atoms with van der Waals surface area (Å²) in [5, 5.41) is 0. The third kappa shape index (κ3) is 3.46. The highest BCUT2D eigenvalue weighted by molar-refractivity contribution is 5.75. The average Bonchev–Trinajstić information content (AvgIpc) is 2.48. The maximum atomic E-state index is 12.8. The second-order valence-electron chi connectivity index (χ2n) is 6.61. The van der Waals surface area contributed by atoms with E-state index in [1.165, 1.54) is 25.7 Å². The summed E-state index contributed by atoms with van der Waals surface area (Å²) in [5.41, 5.74) is 5.94. The predicted octanol–water partition coefficient (Wildman–Crippen LogP) is 2.68. The summed E-state index contributed by atoms with van der Waals surface area (Å²) in [7, 11) is 0. The molecule has 1 heterocycles. The van der Waals surface area contributed by atoms with Crippen LogP contribution in [0, 0.1) is 11.8 Å². The van der Waals surface area contributed by atoms with Gasteiger partial charge in [-0.05, 0) is 51.0 Å². The first-order valence-corrected chi connectivity index (χ1v) is 8.43. The number of likely N-dealkylation sites (tertiary alicyclic amines) is 1. The molecule has 0 bridgehead atoms. The molecule has 3 unspecified atom stereocenters. The van der Waals surface area contributed by atoms with Gasteiger partial charge in [0.25, 0.3) is 0 Å². The van der Waals surface area contributed by atoms with Crippen LogP contribution in [0.15, 0.2) is 0 Å². The van der Waals surface area contributed by atoms with Gasteiger partial charge in [0, 0.05) is 25.7 Å². The number of carbonyl (C=O) groups excluding carboxylic acids is 1. The van der Waals surface area contributed by atoms with Gasteiger partial charge in [0.1, 0.15) is 0 Å². The Balaban J connectivity index is 2.03. The Hall–Kier alpha value is -0.770. The molecular formula is C16H31N3O. The standard InChI is InChI=1S/C16H31N3O/c1-3-19(15-9-5-4-8-14(15)11-17)16(20)18-10-6-7-13(2)12-18/h13-15H,3-12,17H2,1-2H3. The summed E-state index contributed by atoms with van der Waals surface area (Å²) < 4.78 is 0. The summed E-state index contributed by atoms with van der Waals surface area (Å²) in [6, 6.07) is 0.618. The molecule has 20 heavy (non-hydrogen) atoms. The lowest BCUT2D eigenvalue weighted by atomic mass is 9.83. The van der Waals surface area contributed by atoms with E-state index in [2.05, 4.69) is 23.6 Å². The van der Waals surface area contributed by atoms with Crippen LogP contribution in [-0.4, -0.2) is 48.1 Å². The highest BCUT2D eigenvalue weighted by atomic mass is 16.2. The predicted molar refractivity (Wildman–Crippen MR) is 82.5 cm³/mol. The highest BCUT2D eigenvalue weighted by Crippen LogP contribution is 2.29. The van der Waals surface area contributed by atoms with Crippen LogP contribution in [-0.2, 0) is 0 Å². The molecule has 2 fully saturated rings. The quantitative estimate of drug-likeness (QED) is 0.864. The van der Waals surface area contributed by atoms with Crippen LogP contribution in [0.1, 0.15) is 52.4 Å². The Morgan fingerprint density at radius 3 is 2.65 bits per heavy atom. The Kier molecular flexibility index (Phi) is 5.70. The lowest BCUT2D eigenvalue weighted by Crippen LogP contribution is -2.54. The van der Waals surface area contributed by atoms with E-state index in [9.17, 15) is 4.79 Å². The molecule has 1 aliphatic heterocycles. The van der Waals surface area contributed by atoms with Crippen molar-refractivity contribution in [3.05, 3.63) is 0 Å². The number of hydrogen-bond acceptors (Lipinski definition) is 2. The molecular weight excluding hydrogens is 250 g/mol. The largest absolute Gasteiger partial charge is 0.330 e. The molecule has 0 radical (unpaired) electrons. The van der Waals surface area contributed by atoms with Gasteiger partial charge in [-0.15, -0.1) is 0 Å². The monoisotopic (exact) mass is 281 g/mol. The summed E-state index contributed by atoms with van der Waals surface area (Å²) in [6.45, 7) is 7.73. The van der Waals surface area contributed by atoms with Crippen molar-refractivity contribution < 1.29 is 4.79 Å². The Labute approximate surface area is 123 Å². The average molecular weight is 281 g/mol. The fraction of sp³-hybridized carbons (Fsp3) is 0.938. The lowest BCUT2D eigenvalue weighted by Gasteiger charge is -2.43. The first-order chi connectivity index (χ1) is 9.67. The molecule has 0 aromatic rings. The summed E-state index contributed by atoms with van der Waals surface area (Å²) in [4.78, 5) is 17.0. The zero-order valence-electron chi connectivity index (χ0n) is 13.2. The van der Waals surface area contributed by atoms with Gasteiger partial charge in [-0.3, -0.25) is 0 Å². The Morgan fingerprint density at radius 1 is 1.25 bits per heavy atom. The molecule has 4 nitrogen and oxygen atoms in total. The molecule has 1 aliphatic carbocycles. The van der Waals surface area contributed by atoms with Crippen LogP contribution < -0.4 is 5.73 Å². The second-order valence-corrected chi connectivity index (χ2v) is 6.61. The van der Waals surface area contributed by atoms with Gasteiger partial charge in [-0.25, -0.2) is 4.79 Å². The molecule has 2 amide bonds. The van der Waals surface area contributed by atoms with Crippen LogP contribution >= 0.6 is 0 Å². The molecule has 4 heteroatoms. The zero-order chi connectivity index (χ0) is 14.5. The van der Waals surface area contributed by atoms with Crippen molar-refractivity contribution in [3.63, 3.8) is 0 Å². The first-order valence-electron chi connectivity index (χ1n) is 8.43. The summed E-state index contributed by atoms with van der Waals surface area (Å²) in [6.07, 6.45) is 7.22. The van der Waals surface area contributed by atoms with Crippen molar-refractivity contribution in [2.45, 2.75) is 58.4 Å². The Bertz CT molecular complexity index is 321. The molecule has 2 N–H and O–H groups in total. The molecule has 0 spiro atoms. The van der Waals surface area contributed by atoms with Crippen LogP contribution in [0.2, 0.25) is 0 Å². The molecule has 2 aliphatic rings. The van der Waals surface area contributed by atoms with E-state index in [0.717, 1.165) is 32.5 Å². The minimum Gasteiger partial charge on any atom is -0.330 e. The number of nitrogens with two attached hydrogens (primary N) is 1. The van der Waals surface area contributed by atoms with Crippen LogP contribution in [0.5, 0.6) is 0 Å². The normalized spacial score (nSPS) is 31.1. The number of nitrogens with zero attached hydrogens (tertiary/aromatic N) is 2. The van der Waals surface area contributed by atoms with E-state index >= 15 is 0 Å². The van der Waals surface area contributed by atoms with Crippen molar-refractivity contribution in [2.75, 3.05) is 26.2 Å². The summed E-state index contributed by atoms with van der Waals surface area (Å²) in [5.74, 6) is 1.14. The van der Waals surface area contributed by atoms with E-state index in [4.69, 9.17) is 5.73 Å². The van der Waals surface area contributed by atoms with Gasteiger partial charge >= 0.3 is 6.03 Å². The number of piperidine rings is 1. The maximum absolute atomic E-state index is 12.8. The lowest BCUT2D eigenvalue weighted by molar-refractivity contribution is 0.0872. The third-order valence-electron chi connectivity index (χ3n) is 5.09. The van der Waals surface area contributed by atoms with E-state index in [1.54, 1.807) is 0 Å². The maximum Gasteiger partial charge on any atom is 0.320 e. The minimum absolute atomic E-state index is 0.254.